The van der Waals surface area contributed by atoms with Crippen LogP contribution in [0, 0.1) is 5.92 Å². The van der Waals surface area contributed by atoms with Crippen LogP contribution in [-0.2, 0) is 0 Å². The van der Waals surface area contributed by atoms with Crippen LogP contribution < -0.4 is 5.73 Å². The summed E-state index contributed by atoms with van der Waals surface area (Å²) in [6.07, 6.45) is 3.27. The van der Waals surface area contributed by atoms with E-state index in [1.165, 1.54) is 6.42 Å². The molecule has 0 aromatic rings. The van der Waals surface area contributed by atoms with Crippen molar-refractivity contribution in [2.24, 2.45) is 11.7 Å². The Bertz CT molecular complexity index is 166. The highest BCUT2D eigenvalue weighted by molar-refractivity contribution is 4.77. The summed E-state index contributed by atoms with van der Waals surface area (Å²) >= 11 is 0. The normalized spacial score (nSPS) is 21.4. The third kappa shape index (κ3) is 3.50. The summed E-state index contributed by atoms with van der Waals surface area (Å²) < 4.78 is 25.9. The summed E-state index contributed by atoms with van der Waals surface area (Å²) in [5, 5.41) is 0. The summed E-state index contributed by atoms with van der Waals surface area (Å²) in [6.45, 7) is 3.05. The summed E-state index contributed by atoms with van der Waals surface area (Å²) in [6, 6.07) is 0. The van der Waals surface area contributed by atoms with Gasteiger partial charge in [-0.2, -0.15) is 0 Å². The summed E-state index contributed by atoms with van der Waals surface area (Å²) in [5.41, 5.74) is 5.00. The lowest BCUT2D eigenvalue weighted by Crippen LogP contribution is -2.45. The van der Waals surface area contributed by atoms with Crippen LogP contribution in [-0.4, -0.2) is 37.0 Å². The van der Waals surface area contributed by atoms with Crippen molar-refractivity contribution in [2.75, 3.05) is 26.2 Å². The van der Waals surface area contributed by atoms with Crippen LogP contribution in [0.1, 0.15) is 26.2 Å². The van der Waals surface area contributed by atoms with Crippen LogP contribution in [0.15, 0.2) is 0 Å². The average Bonchev–Trinajstić information content (AvgIpc) is 2.19. The van der Waals surface area contributed by atoms with E-state index in [1.807, 2.05) is 4.90 Å². The zero-order valence-electron chi connectivity index (χ0n) is 8.81. The van der Waals surface area contributed by atoms with Gasteiger partial charge in [-0.05, 0) is 31.8 Å². The lowest BCUT2D eigenvalue weighted by molar-refractivity contribution is -0.0307. The molecule has 1 aliphatic heterocycles. The molecule has 0 aliphatic carbocycles. The minimum Gasteiger partial charge on any atom is -0.325 e. The van der Waals surface area contributed by atoms with Gasteiger partial charge in [0, 0.05) is 0 Å². The minimum absolute atomic E-state index is 0.167. The summed E-state index contributed by atoms with van der Waals surface area (Å²) in [7, 11) is 0. The smallest absolute Gasteiger partial charge is 0.272 e. The van der Waals surface area contributed by atoms with Crippen LogP contribution >= 0.6 is 0 Å². The molecule has 0 aromatic heterocycles. The van der Waals surface area contributed by atoms with E-state index in [9.17, 15) is 8.78 Å². The number of hydrogen-bond acceptors (Lipinski definition) is 2. The molecular weight excluding hydrogens is 186 g/mol. The Morgan fingerprint density at radius 3 is 2.36 bits per heavy atom. The van der Waals surface area contributed by atoms with Crippen LogP contribution in [0.4, 0.5) is 8.78 Å². The van der Waals surface area contributed by atoms with Crippen molar-refractivity contribution in [1.82, 2.24) is 4.90 Å². The Balaban J connectivity index is 2.28. The molecule has 1 heterocycles. The molecule has 2 nitrogen and oxygen atoms in total. The molecule has 0 spiro atoms. The maximum Gasteiger partial charge on any atom is 0.272 e. The second-order valence-electron chi connectivity index (χ2n) is 4.19. The largest absolute Gasteiger partial charge is 0.325 e. The molecule has 4 heteroatoms. The van der Waals surface area contributed by atoms with Crippen molar-refractivity contribution in [3.05, 3.63) is 0 Å². The third-order valence-corrected chi connectivity index (χ3v) is 3.04. The van der Waals surface area contributed by atoms with Gasteiger partial charge in [-0.3, -0.25) is 4.90 Å². The van der Waals surface area contributed by atoms with E-state index in [2.05, 4.69) is 6.92 Å². The van der Waals surface area contributed by atoms with Gasteiger partial charge in [-0.1, -0.05) is 13.3 Å². The monoisotopic (exact) mass is 206 g/mol. The number of piperidine rings is 1. The molecule has 1 aliphatic rings. The maximum absolute atomic E-state index is 12.9. The maximum atomic E-state index is 12.9. The SMILES string of the molecule is CCC1CCN(CC(F)(F)CN)CC1. The molecule has 0 saturated carbocycles. The number of nitrogens with zero attached hydrogens (tertiary/aromatic N) is 1. The van der Waals surface area contributed by atoms with E-state index in [4.69, 9.17) is 5.73 Å². The fourth-order valence-corrected chi connectivity index (χ4v) is 1.94. The van der Waals surface area contributed by atoms with Crippen molar-refractivity contribution in [3.63, 3.8) is 0 Å². The highest BCUT2D eigenvalue weighted by atomic mass is 19.3. The predicted octanol–water partition coefficient (Wildman–Crippen LogP) is 1.70. The zero-order valence-corrected chi connectivity index (χ0v) is 8.81. The molecule has 0 unspecified atom stereocenters. The van der Waals surface area contributed by atoms with Gasteiger partial charge in [0.05, 0.1) is 13.1 Å². The Morgan fingerprint density at radius 2 is 1.93 bits per heavy atom. The lowest BCUT2D eigenvalue weighted by atomic mass is 9.94. The number of alkyl halides is 2. The van der Waals surface area contributed by atoms with Gasteiger partial charge in [-0.15, -0.1) is 0 Å². The van der Waals surface area contributed by atoms with E-state index in [0.717, 1.165) is 31.8 Å². The fourth-order valence-electron chi connectivity index (χ4n) is 1.94. The second kappa shape index (κ2) is 5.03. The molecule has 1 rings (SSSR count). The molecule has 0 amide bonds. The Kier molecular flexibility index (Phi) is 4.26. The first-order valence-electron chi connectivity index (χ1n) is 5.37. The summed E-state index contributed by atoms with van der Waals surface area (Å²) in [4.78, 5) is 1.83. The second-order valence-corrected chi connectivity index (χ2v) is 4.19. The lowest BCUT2D eigenvalue weighted by Gasteiger charge is -2.33. The van der Waals surface area contributed by atoms with Gasteiger partial charge >= 0.3 is 0 Å². The first-order chi connectivity index (χ1) is 6.57. The van der Waals surface area contributed by atoms with Gasteiger partial charge in [0.2, 0.25) is 0 Å². The fraction of sp³-hybridized carbons (Fsp3) is 1.00. The number of nitrogens with two attached hydrogens (primary N) is 1. The summed E-state index contributed by atoms with van der Waals surface area (Å²) in [5.74, 6) is -1.98. The van der Waals surface area contributed by atoms with Crippen LogP contribution in [0.5, 0.6) is 0 Å². The Labute approximate surface area is 84.4 Å². The molecule has 84 valence electrons. The van der Waals surface area contributed by atoms with Gasteiger partial charge in [0.25, 0.3) is 5.92 Å². The van der Waals surface area contributed by atoms with Crippen LogP contribution in [0.2, 0.25) is 0 Å². The molecule has 0 radical (unpaired) electrons. The van der Waals surface area contributed by atoms with E-state index in [-0.39, 0.29) is 6.54 Å². The van der Waals surface area contributed by atoms with Crippen LogP contribution in [0.3, 0.4) is 0 Å². The molecule has 14 heavy (non-hydrogen) atoms. The predicted molar refractivity (Wildman–Crippen MR) is 53.5 cm³/mol. The van der Waals surface area contributed by atoms with Crippen molar-refractivity contribution in [3.8, 4) is 0 Å². The number of halogens is 2. The van der Waals surface area contributed by atoms with Gasteiger partial charge < -0.3 is 5.73 Å². The van der Waals surface area contributed by atoms with Crippen molar-refractivity contribution in [1.29, 1.82) is 0 Å². The quantitative estimate of drug-likeness (QED) is 0.758. The molecule has 0 atom stereocenters. The Hall–Kier alpha value is -0.220. The van der Waals surface area contributed by atoms with E-state index in [1.54, 1.807) is 0 Å². The number of likely N-dealkylation sites (tertiary alicyclic amines) is 1. The number of hydrogen-bond donors (Lipinski definition) is 1. The van der Waals surface area contributed by atoms with E-state index < -0.39 is 12.5 Å². The zero-order chi connectivity index (χ0) is 10.6. The van der Waals surface area contributed by atoms with Crippen molar-refractivity contribution >= 4 is 0 Å². The Morgan fingerprint density at radius 1 is 1.36 bits per heavy atom. The average molecular weight is 206 g/mol. The third-order valence-electron chi connectivity index (χ3n) is 3.04. The standard InChI is InChI=1S/C10H20F2N2/c1-2-9-3-5-14(6-4-9)8-10(11,12)7-13/h9H,2-8,13H2,1H3. The van der Waals surface area contributed by atoms with E-state index >= 15 is 0 Å². The molecule has 2 N–H and O–H groups in total. The topological polar surface area (TPSA) is 29.3 Å². The van der Waals surface area contributed by atoms with Gasteiger partial charge in [-0.25, -0.2) is 8.78 Å². The first-order valence-corrected chi connectivity index (χ1v) is 5.37. The highest BCUT2D eigenvalue weighted by Crippen LogP contribution is 2.22. The van der Waals surface area contributed by atoms with E-state index in [0.29, 0.717) is 0 Å². The number of rotatable bonds is 4. The van der Waals surface area contributed by atoms with Gasteiger partial charge in [0.15, 0.2) is 0 Å². The molecule has 1 saturated heterocycles. The minimum atomic E-state index is -2.71. The van der Waals surface area contributed by atoms with Crippen LogP contribution in [0.25, 0.3) is 0 Å². The highest BCUT2D eigenvalue weighted by Gasteiger charge is 2.31. The van der Waals surface area contributed by atoms with Gasteiger partial charge in [0.1, 0.15) is 0 Å². The molecule has 0 bridgehead atoms. The van der Waals surface area contributed by atoms with Crippen molar-refractivity contribution in [2.45, 2.75) is 32.1 Å². The van der Waals surface area contributed by atoms with Crippen molar-refractivity contribution < 1.29 is 8.78 Å². The molecule has 0 aromatic carbocycles. The first kappa shape index (κ1) is 11.9. The molecule has 1 fully saturated rings. The molecular formula is C10H20F2N2.